The number of hydrogen-bond acceptors (Lipinski definition) is 6. The lowest BCUT2D eigenvalue weighted by Crippen LogP contribution is -2.35. The number of esters is 1. The SMILES string of the molecule is CC[C@@H](C)NC(=O)COC(=O)c1ccc(N2CCC[C@H](C)C2)c([N+](=O)[O-])c1. The third-order valence-electron chi connectivity index (χ3n) is 4.76. The molecule has 0 radical (unpaired) electrons. The van der Waals surface area contributed by atoms with E-state index >= 15 is 0 Å². The van der Waals surface area contributed by atoms with Crippen molar-refractivity contribution in [3.05, 3.63) is 33.9 Å². The first-order chi connectivity index (χ1) is 12.8. The number of carbonyl (C=O) groups is 2. The minimum atomic E-state index is -0.754. The van der Waals surface area contributed by atoms with Crippen molar-refractivity contribution in [2.45, 2.75) is 46.1 Å². The number of benzene rings is 1. The number of anilines is 1. The van der Waals surface area contributed by atoms with E-state index in [0.717, 1.165) is 32.4 Å². The molecule has 27 heavy (non-hydrogen) atoms. The fourth-order valence-corrected chi connectivity index (χ4v) is 3.11. The summed E-state index contributed by atoms with van der Waals surface area (Å²) in [6.45, 7) is 6.99. The average molecular weight is 377 g/mol. The Labute approximate surface area is 159 Å². The summed E-state index contributed by atoms with van der Waals surface area (Å²) >= 11 is 0. The lowest BCUT2D eigenvalue weighted by molar-refractivity contribution is -0.384. The summed E-state index contributed by atoms with van der Waals surface area (Å²) in [4.78, 5) is 36.9. The first kappa shape index (κ1) is 20.7. The molecule has 0 saturated carbocycles. The molecule has 1 N–H and O–H groups in total. The van der Waals surface area contributed by atoms with Gasteiger partial charge < -0.3 is 15.0 Å². The zero-order valence-electron chi connectivity index (χ0n) is 16.1. The first-order valence-corrected chi connectivity index (χ1v) is 9.31. The highest BCUT2D eigenvalue weighted by Crippen LogP contribution is 2.32. The zero-order valence-corrected chi connectivity index (χ0v) is 16.1. The van der Waals surface area contributed by atoms with Crippen LogP contribution < -0.4 is 10.2 Å². The Morgan fingerprint density at radius 1 is 1.44 bits per heavy atom. The number of ether oxygens (including phenoxy) is 1. The third kappa shape index (κ3) is 5.67. The van der Waals surface area contributed by atoms with Crippen molar-refractivity contribution in [2.75, 3.05) is 24.6 Å². The van der Waals surface area contributed by atoms with Gasteiger partial charge in [0, 0.05) is 25.2 Å². The Balaban J connectivity index is 2.09. The quantitative estimate of drug-likeness (QED) is 0.445. The lowest BCUT2D eigenvalue weighted by Gasteiger charge is -2.32. The van der Waals surface area contributed by atoms with Crippen LogP contribution in [-0.2, 0) is 9.53 Å². The highest BCUT2D eigenvalue weighted by Gasteiger charge is 2.25. The van der Waals surface area contributed by atoms with E-state index in [4.69, 9.17) is 4.74 Å². The second-order valence-corrected chi connectivity index (χ2v) is 7.11. The highest BCUT2D eigenvalue weighted by molar-refractivity contribution is 5.93. The van der Waals surface area contributed by atoms with E-state index in [9.17, 15) is 19.7 Å². The van der Waals surface area contributed by atoms with Gasteiger partial charge >= 0.3 is 5.97 Å². The molecule has 8 heteroatoms. The Bertz CT molecular complexity index is 707. The van der Waals surface area contributed by atoms with Crippen LogP contribution in [0.3, 0.4) is 0 Å². The molecule has 8 nitrogen and oxygen atoms in total. The van der Waals surface area contributed by atoms with Crippen molar-refractivity contribution >= 4 is 23.3 Å². The molecule has 0 aliphatic carbocycles. The summed E-state index contributed by atoms with van der Waals surface area (Å²) in [5.74, 6) is -0.686. The number of carbonyl (C=O) groups excluding carboxylic acids is 2. The van der Waals surface area contributed by atoms with E-state index in [-0.39, 0.29) is 17.3 Å². The molecular formula is C19H27N3O5. The summed E-state index contributed by atoms with van der Waals surface area (Å²) in [6, 6.07) is 4.31. The molecule has 0 bridgehead atoms. The zero-order chi connectivity index (χ0) is 20.0. The van der Waals surface area contributed by atoms with Crippen LogP contribution in [0, 0.1) is 16.0 Å². The Kier molecular flexibility index (Phi) is 7.15. The van der Waals surface area contributed by atoms with Gasteiger partial charge in [0.25, 0.3) is 11.6 Å². The second-order valence-electron chi connectivity index (χ2n) is 7.11. The molecule has 1 fully saturated rings. The van der Waals surface area contributed by atoms with Gasteiger partial charge in [0.1, 0.15) is 5.69 Å². The molecule has 2 rings (SSSR count). The van der Waals surface area contributed by atoms with Gasteiger partial charge in [-0.3, -0.25) is 14.9 Å². The summed E-state index contributed by atoms with van der Waals surface area (Å²) in [6.07, 6.45) is 2.85. The molecule has 1 heterocycles. The van der Waals surface area contributed by atoms with Crippen molar-refractivity contribution in [1.29, 1.82) is 0 Å². The van der Waals surface area contributed by atoms with Crippen LogP contribution in [-0.4, -0.2) is 42.5 Å². The molecule has 1 aliphatic heterocycles. The number of nitro groups is 1. The van der Waals surface area contributed by atoms with E-state index < -0.39 is 23.4 Å². The smallest absolute Gasteiger partial charge is 0.338 e. The van der Waals surface area contributed by atoms with Crippen LogP contribution in [0.1, 0.15) is 50.4 Å². The maximum Gasteiger partial charge on any atom is 0.338 e. The largest absolute Gasteiger partial charge is 0.452 e. The number of amides is 1. The van der Waals surface area contributed by atoms with Gasteiger partial charge in [-0.15, -0.1) is 0 Å². The molecule has 1 saturated heterocycles. The third-order valence-corrected chi connectivity index (χ3v) is 4.76. The predicted octanol–water partition coefficient (Wildman–Crippen LogP) is 2.90. The van der Waals surface area contributed by atoms with Crippen LogP contribution in [0.4, 0.5) is 11.4 Å². The molecule has 1 amide bonds. The maximum atomic E-state index is 12.2. The minimum absolute atomic E-state index is 0.0106. The van der Waals surface area contributed by atoms with Gasteiger partial charge in [0.2, 0.25) is 0 Å². The molecule has 0 aromatic heterocycles. The van der Waals surface area contributed by atoms with E-state index in [0.29, 0.717) is 11.6 Å². The standard InChI is InChI=1S/C19H27N3O5/c1-4-14(3)20-18(23)12-27-19(24)15-7-8-16(17(10-15)22(25)26)21-9-5-6-13(2)11-21/h7-8,10,13-14H,4-6,9,11-12H2,1-3H3,(H,20,23)/t13-,14+/m0/s1. The van der Waals surface area contributed by atoms with Gasteiger partial charge in [-0.2, -0.15) is 0 Å². The van der Waals surface area contributed by atoms with Crippen LogP contribution in [0.5, 0.6) is 0 Å². The van der Waals surface area contributed by atoms with Crippen molar-refractivity contribution < 1.29 is 19.2 Å². The Hall–Kier alpha value is -2.64. The first-order valence-electron chi connectivity index (χ1n) is 9.31. The number of nitrogens with zero attached hydrogens (tertiary/aromatic N) is 2. The fraction of sp³-hybridized carbons (Fsp3) is 0.579. The predicted molar refractivity (Wildman–Crippen MR) is 102 cm³/mol. The van der Waals surface area contributed by atoms with Crippen molar-refractivity contribution in [1.82, 2.24) is 5.32 Å². The van der Waals surface area contributed by atoms with Gasteiger partial charge in [-0.05, 0) is 44.2 Å². The second kappa shape index (κ2) is 9.34. The van der Waals surface area contributed by atoms with E-state index in [1.54, 1.807) is 6.07 Å². The maximum absolute atomic E-state index is 12.2. The number of nitro benzene ring substituents is 1. The Morgan fingerprint density at radius 3 is 2.81 bits per heavy atom. The van der Waals surface area contributed by atoms with Crippen LogP contribution in [0.2, 0.25) is 0 Å². The van der Waals surface area contributed by atoms with Gasteiger partial charge in [0.05, 0.1) is 10.5 Å². The molecule has 1 aromatic carbocycles. The summed E-state index contributed by atoms with van der Waals surface area (Å²) in [7, 11) is 0. The van der Waals surface area contributed by atoms with Gasteiger partial charge in [-0.25, -0.2) is 4.79 Å². The van der Waals surface area contributed by atoms with E-state index in [2.05, 4.69) is 12.2 Å². The average Bonchev–Trinajstić information content (AvgIpc) is 2.65. The van der Waals surface area contributed by atoms with E-state index in [1.807, 2.05) is 18.7 Å². The molecule has 148 valence electrons. The minimum Gasteiger partial charge on any atom is -0.452 e. The number of piperidine rings is 1. The number of nitrogens with one attached hydrogen (secondary N) is 1. The van der Waals surface area contributed by atoms with E-state index in [1.165, 1.54) is 12.1 Å². The monoisotopic (exact) mass is 377 g/mol. The molecule has 0 unspecified atom stereocenters. The molecular weight excluding hydrogens is 350 g/mol. The van der Waals surface area contributed by atoms with Crippen LogP contribution in [0.15, 0.2) is 18.2 Å². The van der Waals surface area contributed by atoms with Crippen LogP contribution in [0.25, 0.3) is 0 Å². The molecule has 2 atom stereocenters. The van der Waals surface area contributed by atoms with Crippen molar-refractivity contribution in [3.63, 3.8) is 0 Å². The molecule has 0 spiro atoms. The summed E-state index contributed by atoms with van der Waals surface area (Å²) < 4.78 is 4.99. The van der Waals surface area contributed by atoms with Crippen molar-refractivity contribution in [2.24, 2.45) is 5.92 Å². The fourth-order valence-electron chi connectivity index (χ4n) is 3.11. The van der Waals surface area contributed by atoms with Gasteiger partial charge in [0.15, 0.2) is 6.61 Å². The Morgan fingerprint density at radius 2 is 2.19 bits per heavy atom. The summed E-state index contributed by atoms with van der Waals surface area (Å²) in [5.41, 5.74) is 0.451. The van der Waals surface area contributed by atoms with Crippen LogP contribution >= 0.6 is 0 Å². The van der Waals surface area contributed by atoms with Crippen molar-refractivity contribution in [3.8, 4) is 0 Å². The highest BCUT2D eigenvalue weighted by atomic mass is 16.6. The summed E-state index contributed by atoms with van der Waals surface area (Å²) in [5, 5.41) is 14.2. The topological polar surface area (TPSA) is 102 Å². The lowest BCUT2D eigenvalue weighted by atomic mass is 9.99. The number of hydrogen-bond donors (Lipinski definition) is 1. The normalized spacial score (nSPS) is 17.9. The number of rotatable bonds is 7. The molecule has 1 aliphatic rings. The molecule has 1 aromatic rings. The van der Waals surface area contributed by atoms with Gasteiger partial charge in [-0.1, -0.05) is 13.8 Å².